The first-order valence-corrected chi connectivity index (χ1v) is 12.4. The van der Waals surface area contributed by atoms with E-state index in [9.17, 15) is 9.90 Å². The molecule has 2 aliphatic heterocycles. The molecule has 0 bridgehead atoms. The standard InChI is InChI=1S/C28H31N3O3/c32-18-26(30-14-11-28(12-15-30)19-31(24-9-10-24)17-27(33)34-28)22-6-3-20(4-7-22)23-8-5-21-2-1-13-29-25(21)16-23/h1-8,13,16,24,26,32H,9-12,14-15,17-19H2. The van der Waals surface area contributed by atoms with Crippen LogP contribution in [0.1, 0.15) is 37.3 Å². The van der Waals surface area contributed by atoms with E-state index in [1.54, 1.807) is 0 Å². The highest BCUT2D eigenvalue weighted by Gasteiger charge is 2.47. The van der Waals surface area contributed by atoms with Crippen molar-refractivity contribution in [1.29, 1.82) is 0 Å². The number of benzene rings is 2. The zero-order chi connectivity index (χ0) is 23.1. The van der Waals surface area contributed by atoms with Gasteiger partial charge in [-0.25, -0.2) is 0 Å². The fourth-order valence-corrected chi connectivity index (χ4v) is 5.67. The molecule has 3 fully saturated rings. The maximum absolute atomic E-state index is 12.3. The fourth-order valence-electron chi connectivity index (χ4n) is 5.67. The number of likely N-dealkylation sites (tertiary alicyclic amines) is 1. The molecular formula is C28H31N3O3. The lowest BCUT2D eigenvalue weighted by Crippen LogP contribution is -2.59. The van der Waals surface area contributed by atoms with E-state index in [1.807, 2.05) is 12.3 Å². The second-order valence-corrected chi connectivity index (χ2v) is 10.1. The van der Waals surface area contributed by atoms with E-state index in [0.29, 0.717) is 12.6 Å². The highest BCUT2D eigenvalue weighted by Crippen LogP contribution is 2.38. The van der Waals surface area contributed by atoms with Gasteiger partial charge in [0.05, 0.1) is 24.7 Å². The predicted molar refractivity (Wildman–Crippen MR) is 131 cm³/mol. The van der Waals surface area contributed by atoms with Gasteiger partial charge in [0.25, 0.3) is 0 Å². The van der Waals surface area contributed by atoms with Gasteiger partial charge in [-0.3, -0.25) is 19.6 Å². The summed E-state index contributed by atoms with van der Waals surface area (Å²) in [7, 11) is 0. The number of morpholine rings is 1. The highest BCUT2D eigenvalue weighted by atomic mass is 16.6. The van der Waals surface area contributed by atoms with Crippen LogP contribution in [0.2, 0.25) is 0 Å². The number of hydrogen-bond donors (Lipinski definition) is 1. The van der Waals surface area contributed by atoms with Crippen LogP contribution in [0.4, 0.5) is 0 Å². The van der Waals surface area contributed by atoms with Crippen molar-refractivity contribution in [3.05, 3.63) is 66.4 Å². The van der Waals surface area contributed by atoms with Gasteiger partial charge in [-0.15, -0.1) is 0 Å². The van der Waals surface area contributed by atoms with Gasteiger partial charge in [0, 0.05) is 50.1 Å². The van der Waals surface area contributed by atoms with Crippen LogP contribution in [0, 0.1) is 0 Å². The molecule has 1 atom stereocenters. The van der Waals surface area contributed by atoms with Crippen LogP contribution in [0.25, 0.3) is 22.0 Å². The summed E-state index contributed by atoms with van der Waals surface area (Å²) in [5, 5.41) is 11.4. The Bertz CT molecular complexity index is 1180. The van der Waals surface area contributed by atoms with Crippen LogP contribution >= 0.6 is 0 Å². The van der Waals surface area contributed by atoms with E-state index in [2.05, 4.69) is 63.3 Å². The molecule has 1 saturated carbocycles. The van der Waals surface area contributed by atoms with Crippen LogP contribution in [0.5, 0.6) is 0 Å². The molecular weight excluding hydrogens is 426 g/mol. The Kier molecular flexibility index (Phi) is 5.60. The summed E-state index contributed by atoms with van der Waals surface area (Å²) in [5.41, 5.74) is 4.02. The number of ether oxygens (including phenoxy) is 1. The minimum Gasteiger partial charge on any atom is -0.457 e. The normalized spacial score (nSPS) is 22.1. The lowest BCUT2D eigenvalue weighted by Gasteiger charge is -2.48. The van der Waals surface area contributed by atoms with Crippen molar-refractivity contribution in [2.75, 3.05) is 32.8 Å². The summed E-state index contributed by atoms with van der Waals surface area (Å²) >= 11 is 0. The van der Waals surface area contributed by atoms with Crippen molar-refractivity contribution in [3.8, 4) is 11.1 Å². The number of pyridine rings is 1. The number of nitrogens with zero attached hydrogens (tertiary/aromatic N) is 3. The third-order valence-corrected chi connectivity index (χ3v) is 7.77. The van der Waals surface area contributed by atoms with Crippen molar-refractivity contribution in [2.45, 2.75) is 43.4 Å². The van der Waals surface area contributed by atoms with Crippen LogP contribution in [0.15, 0.2) is 60.8 Å². The molecule has 1 N–H and O–H groups in total. The second-order valence-electron chi connectivity index (χ2n) is 10.1. The molecule has 6 rings (SSSR count). The van der Waals surface area contributed by atoms with Gasteiger partial charge in [-0.05, 0) is 41.7 Å². The maximum atomic E-state index is 12.3. The van der Waals surface area contributed by atoms with E-state index in [1.165, 1.54) is 12.8 Å². The summed E-state index contributed by atoms with van der Waals surface area (Å²) < 4.78 is 5.91. The Morgan fingerprint density at radius 2 is 1.82 bits per heavy atom. The van der Waals surface area contributed by atoms with Gasteiger partial charge in [-0.1, -0.05) is 42.5 Å². The molecule has 0 radical (unpaired) electrons. The van der Waals surface area contributed by atoms with E-state index >= 15 is 0 Å². The maximum Gasteiger partial charge on any atom is 0.320 e. The van der Waals surface area contributed by atoms with Crippen molar-refractivity contribution in [2.24, 2.45) is 0 Å². The number of aliphatic hydroxyl groups is 1. The minimum atomic E-state index is -0.359. The van der Waals surface area contributed by atoms with Crippen LogP contribution in [-0.2, 0) is 9.53 Å². The first kappa shape index (κ1) is 21.7. The fraction of sp³-hybridized carbons (Fsp3) is 0.429. The molecule has 6 nitrogen and oxygen atoms in total. The third-order valence-electron chi connectivity index (χ3n) is 7.77. The molecule has 0 amide bonds. The van der Waals surface area contributed by atoms with Crippen LogP contribution in [-0.4, -0.2) is 70.3 Å². The Balaban J connectivity index is 1.15. The summed E-state index contributed by atoms with van der Waals surface area (Å²) in [6.07, 6.45) is 5.87. The number of hydrogen-bond acceptors (Lipinski definition) is 6. The zero-order valence-electron chi connectivity index (χ0n) is 19.4. The molecule has 34 heavy (non-hydrogen) atoms. The minimum absolute atomic E-state index is 0.0523. The van der Waals surface area contributed by atoms with Crippen molar-refractivity contribution in [3.63, 3.8) is 0 Å². The van der Waals surface area contributed by atoms with E-state index < -0.39 is 0 Å². The molecule has 6 heteroatoms. The molecule has 1 unspecified atom stereocenters. The summed E-state index contributed by atoms with van der Waals surface area (Å²) in [4.78, 5) is 21.4. The Morgan fingerprint density at radius 1 is 1.06 bits per heavy atom. The molecule has 1 spiro atoms. The number of aromatic nitrogens is 1. The zero-order valence-corrected chi connectivity index (χ0v) is 19.4. The number of carbonyl (C=O) groups is 1. The number of esters is 1. The number of aliphatic hydroxyl groups excluding tert-OH is 1. The molecule has 2 saturated heterocycles. The molecule has 3 aliphatic rings. The Morgan fingerprint density at radius 3 is 2.56 bits per heavy atom. The average molecular weight is 458 g/mol. The monoisotopic (exact) mass is 457 g/mol. The number of carbonyl (C=O) groups excluding carboxylic acids is 1. The first-order chi connectivity index (χ1) is 16.6. The molecule has 1 aliphatic carbocycles. The number of fused-ring (bicyclic) bond motifs is 1. The Hall–Kier alpha value is -2.80. The summed E-state index contributed by atoms with van der Waals surface area (Å²) in [6, 6.07) is 19.4. The quantitative estimate of drug-likeness (QED) is 0.588. The van der Waals surface area contributed by atoms with Gasteiger partial charge >= 0.3 is 5.97 Å². The average Bonchev–Trinajstić information content (AvgIpc) is 3.71. The summed E-state index contributed by atoms with van der Waals surface area (Å²) in [5.74, 6) is -0.0789. The van der Waals surface area contributed by atoms with Crippen molar-refractivity contribution in [1.82, 2.24) is 14.8 Å². The molecule has 2 aromatic carbocycles. The molecule has 3 heterocycles. The van der Waals surface area contributed by atoms with E-state index in [-0.39, 0.29) is 24.2 Å². The van der Waals surface area contributed by atoms with Crippen molar-refractivity contribution < 1.29 is 14.6 Å². The SMILES string of the molecule is O=C1CN(C2CC2)CC2(CCN(C(CO)c3ccc(-c4ccc5cccnc5c4)cc3)CC2)O1. The predicted octanol–water partition coefficient (Wildman–Crippen LogP) is 3.79. The first-order valence-electron chi connectivity index (χ1n) is 12.4. The molecule has 176 valence electrons. The molecule has 1 aromatic heterocycles. The number of rotatable bonds is 5. The van der Waals surface area contributed by atoms with E-state index in [4.69, 9.17) is 4.74 Å². The second kappa shape index (κ2) is 8.77. The van der Waals surface area contributed by atoms with Gasteiger partial charge in [0.1, 0.15) is 5.60 Å². The smallest absolute Gasteiger partial charge is 0.320 e. The lowest BCUT2D eigenvalue weighted by atomic mass is 9.87. The van der Waals surface area contributed by atoms with Gasteiger partial charge < -0.3 is 9.84 Å². The summed E-state index contributed by atoms with van der Waals surface area (Å²) in [6.45, 7) is 3.00. The third kappa shape index (κ3) is 4.22. The van der Waals surface area contributed by atoms with Gasteiger partial charge in [-0.2, -0.15) is 0 Å². The number of piperidine rings is 1. The lowest BCUT2D eigenvalue weighted by molar-refractivity contribution is -0.182. The van der Waals surface area contributed by atoms with Crippen LogP contribution in [0.3, 0.4) is 0 Å². The van der Waals surface area contributed by atoms with Crippen LogP contribution < -0.4 is 0 Å². The van der Waals surface area contributed by atoms with Gasteiger partial charge in [0.2, 0.25) is 0 Å². The molecule has 3 aromatic rings. The Labute approximate surface area is 200 Å². The van der Waals surface area contributed by atoms with E-state index in [0.717, 1.165) is 60.1 Å². The largest absolute Gasteiger partial charge is 0.457 e. The highest BCUT2D eigenvalue weighted by molar-refractivity contribution is 5.84. The topological polar surface area (TPSA) is 65.9 Å². The van der Waals surface area contributed by atoms with Gasteiger partial charge in [0.15, 0.2) is 0 Å². The van der Waals surface area contributed by atoms with Crippen molar-refractivity contribution >= 4 is 16.9 Å².